The van der Waals surface area contributed by atoms with Crippen LogP contribution >= 0.6 is 0 Å². The van der Waals surface area contributed by atoms with E-state index in [1.165, 1.54) is 0 Å². The standard InChI is InChI=1S/C15H22N4O3/c1-10(2)19-13(7-8-17-19)18-14(20)16-9-15(4,21)12-6-5-11(3)22-12/h5-8,10,21H,9H2,1-4H3,(H2,16,18,20). The molecular formula is C15H22N4O3. The van der Waals surface area contributed by atoms with E-state index in [4.69, 9.17) is 4.42 Å². The fourth-order valence-electron chi connectivity index (χ4n) is 2.05. The second-order valence-corrected chi connectivity index (χ2v) is 5.75. The Morgan fingerprint density at radius 3 is 2.77 bits per heavy atom. The molecule has 22 heavy (non-hydrogen) atoms. The predicted molar refractivity (Wildman–Crippen MR) is 82.6 cm³/mol. The molecule has 2 heterocycles. The highest BCUT2D eigenvalue weighted by Crippen LogP contribution is 2.22. The Bertz CT molecular complexity index is 643. The number of amides is 2. The molecule has 0 saturated carbocycles. The van der Waals surface area contributed by atoms with Crippen molar-refractivity contribution in [3.8, 4) is 0 Å². The molecule has 0 aromatic carbocycles. The van der Waals surface area contributed by atoms with E-state index >= 15 is 0 Å². The van der Waals surface area contributed by atoms with Gasteiger partial charge in [-0.3, -0.25) is 5.32 Å². The molecule has 2 amide bonds. The number of carbonyl (C=O) groups excluding carboxylic acids is 1. The molecule has 120 valence electrons. The van der Waals surface area contributed by atoms with Crippen LogP contribution in [-0.2, 0) is 5.60 Å². The van der Waals surface area contributed by atoms with Crippen molar-refractivity contribution in [2.45, 2.75) is 39.3 Å². The molecule has 0 bridgehead atoms. The summed E-state index contributed by atoms with van der Waals surface area (Å²) in [6.07, 6.45) is 1.62. The van der Waals surface area contributed by atoms with E-state index in [2.05, 4.69) is 15.7 Å². The molecule has 1 unspecified atom stereocenters. The zero-order valence-corrected chi connectivity index (χ0v) is 13.3. The lowest BCUT2D eigenvalue weighted by atomic mass is 10.0. The fraction of sp³-hybridized carbons (Fsp3) is 0.467. The van der Waals surface area contributed by atoms with Crippen LogP contribution in [0.3, 0.4) is 0 Å². The first-order valence-electron chi connectivity index (χ1n) is 7.17. The van der Waals surface area contributed by atoms with Gasteiger partial charge in [0, 0.05) is 12.1 Å². The Labute approximate surface area is 129 Å². The van der Waals surface area contributed by atoms with Gasteiger partial charge in [-0.25, -0.2) is 9.48 Å². The van der Waals surface area contributed by atoms with Crippen molar-refractivity contribution in [2.24, 2.45) is 0 Å². The summed E-state index contributed by atoms with van der Waals surface area (Å²) in [6, 6.07) is 4.91. The molecule has 0 aliphatic heterocycles. The number of nitrogens with zero attached hydrogens (tertiary/aromatic N) is 2. The minimum atomic E-state index is -1.27. The lowest BCUT2D eigenvalue weighted by molar-refractivity contribution is 0.0364. The minimum absolute atomic E-state index is 0.0294. The summed E-state index contributed by atoms with van der Waals surface area (Å²) in [4.78, 5) is 12.0. The molecule has 0 aliphatic rings. The van der Waals surface area contributed by atoms with Crippen LogP contribution in [0.4, 0.5) is 10.6 Å². The van der Waals surface area contributed by atoms with Crippen molar-refractivity contribution in [3.05, 3.63) is 35.9 Å². The lowest BCUT2D eigenvalue weighted by Gasteiger charge is -2.21. The Balaban J connectivity index is 1.94. The SMILES string of the molecule is Cc1ccc(C(C)(O)CNC(=O)Nc2ccnn2C(C)C)o1. The Morgan fingerprint density at radius 1 is 1.45 bits per heavy atom. The number of rotatable bonds is 5. The first kappa shape index (κ1) is 16.1. The Kier molecular flexibility index (Phi) is 4.56. The number of carbonyl (C=O) groups is 1. The number of urea groups is 1. The van der Waals surface area contributed by atoms with Gasteiger partial charge in [0.25, 0.3) is 0 Å². The van der Waals surface area contributed by atoms with Crippen molar-refractivity contribution >= 4 is 11.8 Å². The lowest BCUT2D eigenvalue weighted by Crippen LogP contribution is -2.40. The molecule has 2 rings (SSSR count). The van der Waals surface area contributed by atoms with Crippen molar-refractivity contribution in [1.29, 1.82) is 0 Å². The van der Waals surface area contributed by atoms with Gasteiger partial charge in [0.05, 0.1) is 12.7 Å². The van der Waals surface area contributed by atoms with Gasteiger partial charge >= 0.3 is 6.03 Å². The number of nitrogens with one attached hydrogen (secondary N) is 2. The number of hydrogen-bond donors (Lipinski definition) is 3. The smallest absolute Gasteiger partial charge is 0.320 e. The maximum Gasteiger partial charge on any atom is 0.320 e. The number of aliphatic hydroxyl groups is 1. The van der Waals surface area contributed by atoms with E-state index in [9.17, 15) is 9.90 Å². The van der Waals surface area contributed by atoms with Crippen LogP contribution < -0.4 is 10.6 Å². The third-order valence-corrected chi connectivity index (χ3v) is 3.27. The summed E-state index contributed by atoms with van der Waals surface area (Å²) in [5.41, 5.74) is -1.27. The fourth-order valence-corrected chi connectivity index (χ4v) is 2.05. The number of aromatic nitrogens is 2. The van der Waals surface area contributed by atoms with Crippen molar-refractivity contribution in [2.75, 3.05) is 11.9 Å². The van der Waals surface area contributed by atoms with Crippen LogP contribution in [0.5, 0.6) is 0 Å². The Hall–Kier alpha value is -2.28. The van der Waals surface area contributed by atoms with Crippen molar-refractivity contribution < 1.29 is 14.3 Å². The molecule has 7 nitrogen and oxygen atoms in total. The van der Waals surface area contributed by atoms with Crippen molar-refractivity contribution in [1.82, 2.24) is 15.1 Å². The maximum absolute atomic E-state index is 12.0. The Morgan fingerprint density at radius 2 is 2.18 bits per heavy atom. The first-order chi connectivity index (χ1) is 10.3. The van der Waals surface area contributed by atoms with Gasteiger partial charge in [0.1, 0.15) is 22.9 Å². The average molecular weight is 306 g/mol. The summed E-state index contributed by atoms with van der Waals surface area (Å²) in [5, 5.41) is 19.8. The molecule has 2 aromatic rings. The summed E-state index contributed by atoms with van der Waals surface area (Å²) < 4.78 is 7.10. The van der Waals surface area contributed by atoms with Gasteiger partial charge in [-0.15, -0.1) is 0 Å². The summed E-state index contributed by atoms with van der Waals surface area (Å²) in [7, 11) is 0. The van der Waals surface area contributed by atoms with Crippen molar-refractivity contribution in [3.63, 3.8) is 0 Å². The van der Waals surface area contributed by atoms with Gasteiger partial charge in [0.2, 0.25) is 0 Å². The summed E-state index contributed by atoms with van der Waals surface area (Å²) >= 11 is 0. The molecule has 1 atom stereocenters. The quantitative estimate of drug-likeness (QED) is 0.791. The van der Waals surface area contributed by atoms with E-state index < -0.39 is 11.6 Å². The molecular weight excluding hydrogens is 284 g/mol. The van der Waals surface area contributed by atoms with Gasteiger partial charge < -0.3 is 14.8 Å². The second kappa shape index (κ2) is 6.23. The summed E-state index contributed by atoms with van der Waals surface area (Å²) in [5.74, 6) is 1.72. The third-order valence-electron chi connectivity index (χ3n) is 3.27. The monoisotopic (exact) mass is 306 g/mol. The van der Waals surface area contributed by atoms with E-state index in [0.29, 0.717) is 17.3 Å². The highest BCUT2D eigenvalue weighted by Gasteiger charge is 2.27. The zero-order chi connectivity index (χ0) is 16.3. The minimum Gasteiger partial charge on any atom is -0.463 e. The molecule has 0 saturated heterocycles. The van der Waals surface area contributed by atoms with Crippen LogP contribution in [-0.4, -0.2) is 27.5 Å². The van der Waals surface area contributed by atoms with Crippen LogP contribution in [0.15, 0.2) is 28.8 Å². The summed E-state index contributed by atoms with van der Waals surface area (Å²) in [6.45, 7) is 7.36. The van der Waals surface area contributed by atoms with Crippen LogP contribution in [0.1, 0.15) is 38.3 Å². The first-order valence-corrected chi connectivity index (χ1v) is 7.17. The van der Waals surface area contributed by atoms with Gasteiger partial charge in [0.15, 0.2) is 0 Å². The van der Waals surface area contributed by atoms with E-state index in [1.54, 1.807) is 42.9 Å². The van der Waals surface area contributed by atoms with E-state index in [1.807, 2.05) is 13.8 Å². The zero-order valence-electron chi connectivity index (χ0n) is 13.3. The third kappa shape index (κ3) is 3.67. The number of aryl methyl sites for hydroxylation is 1. The van der Waals surface area contributed by atoms with Gasteiger partial charge in [-0.05, 0) is 39.8 Å². The number of hydrogen-bond acceptors (Lipinski definition) is 4. The second-order valence-electron chi connectivity index (χ2n) is 5.75. The van der Waals surface area contributed by atoms with Gasteiger partial charge in [-0.2, -0.15) is 5.10 Å². The number of anilines is 1. The van der Waals surface area contributed by atoms with Crippen LogP contribution in [0.25, 0.3) is 0 Å². The average Bonchev–Trinajstić information content (AvgIpc) is 3.06. The van der Waals surface area contributed by atoms with Gasteiger partial charge in [-0.1, -0.05) is 0 Å². The van der Waals surface area contributed by atoms with E-state index in [-0.39, 0.29) is 12.6 Å². The molecule has 2 aromatic heterocycles. The molecule has 7 heteroatoms. The molecule has 0 fully saturated rings. The molecule has 0 aliphatic carbocycles. The molecule has 0 spiro atoms. The maximum atomic E-state index is 12.0. The highest BCUT2D eigenvalue weighted by atomic mass is 16.4. The highest BCUT2D eigenvalue weighted by molar-refractivity contribution is 5.88. The van der Waals surface area contributed by atoms with E-state index in [0.717, 1.165) is 0 Å². The largest absolute Gasteiger partial charge is 0.463 e. The van der Waals surface area contributed by atoms with Crippen LogP contribution in [0.2, 0.25) is 0 Å². The normalized spacial score (nSPS) is 13.9. The predicted octanol–water partition coefficient (Wildman–Crippen LogP) is 2.39. The molecule has 0 radical (unpaired) electrons. The van der Waals surface area contributed by atoms with Crippen LogP contribution in [0, 0.1) is 6.92 Å². The topological polar surface area (TPSA) is 92.3 Å². The molecule has 3 N–H and O–H groups in total. The number of furan rings is 1.